The molecule has 0 saturated carbocycles. The molecule has 136 valence electrons. The zero-order valence-corrected chi connectivity index (χ0v) is 16.1. The van der Waals surface area contributed by atoms with E-state index in [9.17, 15) is 14.4 Å². The largest absolute Gasteiger partial charge is 0.326 e. The summed E-state index contributed by atoms with van der Waals surface area (Å²) in [7, 11) is 0. The van der Waals surface area contributed by atoms with E-state index in [1.54, 1.807) is 24.3 Å². The molecule has 3 amide bonds. The van der Waals surface area contributed by atoms with Crippen molar-refractivity contribution in [2.45, 2.75) is 26.7 Å². The van der Waals surface area contributed by atoms with Crippen molar-refractivity contribution in [3.63, 3.8) is 0 Å². The maximum Gasteiger partial charge on any atom is 0.269 e. The summed E-state index contributed by atoms with van der Waals surface area (Å²) in [6.45, 7) is 3.96. The number of carbonyl (C=O) groups is 3. The average Bonchev–Trinajstić information content (AvgIpc) is 2.61. The lowest BCUT2D eigenvalue weighted by atomic mass is 10.1. The lowest BCUT2D eigenvalue weighted by Gasteiger charge is -2.09. The van der Waals surface area contributed by atoms with E-state index >= 15 is 0 Å². The Kier molecular flexibility index (Phi) is 6.91. The minimum atomic E-state index is -0.439. The number of benzene rings is 2. The molecule has 0 atom stereocenters. The molecule has 2 aromatic rings. The minimum Gasteiger partial charge on any atom is -0.326 e. The van der Waals surface area contributed by atoms with E-state index in [0.717, 1.165) is 15.6 Å². The summed E-state index contributed by atoms with van der Waals surface area (Å²) in [6, 6.07) is 12.3. The third kappa shape index (κ3) is 6.00. The van der Waals surface area contributed by atoms with Gasteiger partial charge < -0.3 is 5.32 Å². The zero-order chi connectivity index (χ0) is 19.1. The molecule has 0 aliphatic rings. The van der Waals surface area contributed by atoms with Crippen molar-refractivity contribution < 1.29 is 14.4 Å². The molecule has 0 aliphatic heterocycles. The number of hydrogen-bond acceptors (Lipinski definition) is 3. The van der Waals surface area contributed by atoms with Crippen LogP contribution in [0, 0.1) is 13.8 Å². The van der Waals surface area contributed by atoms with E-state index in [1.807, 2.05) is 32.0 Å². The van der Waals surface area contributed by atoms with Gasteiger partial charge in [0.1, 0.15) is 0 Å². The number of amides is 3. The number of carbonyl (C=O) groups excluding carboxylic acids is 3. The predicted octanol–water partition coefficient (Wildman–Crippen LogP) is 3.25. The van der Waals surface area contributed by atoms with Gasteiger partial charge in [0.15, 0.2) is 0 Å². The third-order valence-electron chi connectivity index (χ3n) is 3.79. The Morgan fingerprint density at radius 1 is 0.846 bits per heavy atom. The highest BCUT2D eigenvalue weighted by Gasteiger charge is 2.10. The van der Waals surface area contributed by atoms with Crippen LogP contribution in [-0.2, 0) is 9.59 Å². The first-order valence-electron chi connectivity index (χ1n) is 8.07. The molecule has 0 bridgehead atoms. The van der Waals surface area contributed by atoms with Crippen LogP contribution in [0.25, 0.3) is 0 Å². The van der Waals surface area contributed by atoms with Crippen molar-refractivity contribution in [1.82, 2.24) is 10.9 Å². The van der Waals surface area contributed by atoms with Crippen molar-refractivity contribution in [1.29, 1.82) is 0 Å². The van der Waals surface area contributed by atoms with E-state index in [2.05, 4.69) is 32.1 Å². The fourth-order valence-electron chi connectivity index (χ4n) is 2.13. The van der Waals surface area contributed by atoms with E-state index in [4.69, 9.17) is 0 Å². The van der Waals surface area contributed by atoms with E-state index in [-0.39, 0.29) is 18.7 Å². The van der Waals surface area contributed by atoms with Gasteiger partial charge in [-0.1, -0.05) is 22.0 Å². The van der Waals surface area contributed by atoms with E-state index in [1.165, 1.54) is 0 Å². The van der Waals surface area contributed by atoms with Crippen LogP contribution in [0.4, 0.5) is 5.69 Å². The summed E-state index contributed by atoms with van der Waals surface area (Å²) in [4.78, 5) is 35.6. The van der Waals surface area contributed by atoms with Gasteiger partial charge in [-0.15, -0.1) is 0 Å². The van der Waals surface area contributed by atoms with Crippen LogP contribution in [-0.4, -0.2) is 17.7 Å². The molecule has 0 heterocycles. The number of halogens is 1. The van der Waals surface area contributed by atoms with Gasteiger partial charge in [-0.05, 0) is 61.4 Å². The number of nitrogens with one attached hydrogen (secondary N) is 3. The Hall–Kier alpha value is -2.67. The fourth-order valence-corrected chi connectivity index (χ4v) is 2.40. The van der Waals surface area contributed by atoms with Gasteiger partial charge in [-0.3, -0.25) is 25.2 Å². The normalized spacial score (nSPS) is 10.1. The second kappa shape index (κ2) is 9.15. The lowest BCUT2D eigenvalue weighted by Crippen LogP contribution is -2.41. The second-order valence-corrected chi connectivity index (χ2v) is 6.77. The highest BCUT2D eigenvalue weighted by Crippen LogP contribution is 2.14. The van der Waals surface area contributed by atoms with Gasteiger partial charge >= 0.3 is 0 Å². The van der Waals surface area contributed by atoms with Gasteiger partial charge in [-0.2, -0.15) is 0 Å². The average molecular weight is 418 g/mol. The molecule has 0 spiro atoms. The van der Waals surface area contributed by atoms with Gasteiger partial charge in [0.2, 0.25) is 11.8 Å². The molecule has 0 saturated heterocycles. The maximum absolute atomic E-state index is 11.9. The quantitative estimate of drug-likeness (QED) is 0.652. The third-order valence-corrected chi connectivity index (χ3v) is 4.32. The fraction of sp³-hybridized carbons (Fsp3) is 0.211. The highest BCUT2D eigenvalue weighted by molar-refractivity contribution is 9.10. The summed E-state index contributed by atoms with van der Waals surface area (Å²) >= 11 is 3.28. The summed E-state index contributed by atoms with van der Waals surface area (Å²) < 4.78 is 0.855. The molecule has 7 heteroatoms. The molecule has 0 aliphatic carbocycles. The number of aryl methyl sites for hydroxylation is 2. The summed E-state index contributed by atoms with van der Waals surface area (Å²) in [5.74, 6) is -1.13. The van der Waals surface area contributed by atoms with Crippen molar-refractivity contribution in [3.05, 3.63) is 63.6 Å². The van der Waals surface area contributed by atoms with Crippen molar-refractivity contribution in [2.75, 3.05) is 5.32 Å². The second-order valence-electron chi connectivity index (χ2n) is 5.86. The number of anilines is 1. The Bertz CT molecular complexity index is 819. The van der Waals surface area contributed by atoms with Crippen LogP contribution in [0.3, 0.4) is 0 Å². The van der Waals surface area contributed by atoms with Gasteiger partial charge in [0.25, 0.3) is 5.91 Å². The van der Waals surface area contributed by atoms with Crippen molar-refractivity contribution >= 4 is 39.3 Å². The molecular formula is C19H20BrN3O3. The first-order chi connectivity index (χ1) is 12.3. The van der Waals surface area contributed by atoms with Crippen molar-refractivity contribution in [3.8, 4) is 0 Å². The van der Waals surface area contributed by atoms with Crippen LogP contribution < -0.4 is 16.2 Å². The van der Waals surface area contributed by atoms with E-state index in [0.29, 0.717) is 11.3 Å². The summed E-state index contributed by atoms with van der Waals surface area (Å²) in [6.07, 6.45) is -0.00972. The first kappa shape index (κ1) is 19.7. The maximum atomic E-state index is 11.9. The van der Waals surface area contributed by atoms with Crippen LogP contribution in [0.15, 0.2) is 46.9 Å². The Labute approximate surface area is 160 Å². The highest BCUT2D eigenvalue weighted by atomic mass is 79.9. The molecule has 3 N–H and O–H groups in total. The van der Waals surface area contributed by atoms with E-state index < -0.39 is 11.8 Å². The summed E-state index contributed by atoms with van der Waals surface area (Å²) in [5.41, 5.74) is 7.96. The van der Waals surface area contributed by atoms with Gasteiger partial charge in [-0.25, -0.2) is 0 Å². The molecule has 2 aromatic carbocycles. The molecule has 0 fully saturated rings. The molecule has 0 radical (unpaired) electrons. The smallest absolute Gasteiger partial charge is 0.269 e. The monoisotopic (exact) mass is 417 g/mol. The lowest BCUT2D eigenvalue weighted by molar-refractivity contribution is -0.124. The molecule has 6 nitrogen and oxygen atoms in total. The Morgan fingerprint density at radius 2 is 1.50 bits per heavy atom. The summed E-state index contributed by atoms with van der Waals surface area (Å²) in [5, 5.41) is 2.75. The number of hydrogen-bond donors (Lipinski definition) is 3. The van der Waals surface area contributed by atoms with Crippen LogP contribution in [0.1, 0.15) is 34.3 Å². The Balaban J connectivity index is 1.73. The molecule has 0 aromatic heterocycles. The molecule has 0 unspecified atom stereocenters. The molecule has 26 heavy (non-hydrogen) atoms. The predicted molar refractivity (Wildman–Crippen MR) is 104 cm³/mol. The number of rotatable bonds is 5. The molecular weight excluding hydrogens is 398 g/mol. The van der Waals surface area contributed by atoms with Crippen LogP contribution in [0.2, 0.25) is 0 Å². The Morgan fingerprint density at radius 3 is 2.15 bits per heavy atom. The van der Waals surface area contributed by atoms with Gasteiger partial charge in [0, 0.05) is 28.6 Å². The SMILES string of the molecule is Cc1ccc(NC(=O)CCC(=O)NNC(=O)c2ccc(Br)cc2)cc1C. The number of hydrazine groups is 1. The zero-order valence-electron chi connectivity index (χ0n) is 14.6. The van der Waals surface area contributed by atoms with Crippen LogP contribution in [0.5, 0.6) is 0 Å². The van der Waals surface area contributed by atoms with Crippen molar-refractivity contribution in [2.24, 2.45) is 0 Å². The van der Waals surface area contributed by atoms with Crippen LogP contribution >= 0.6 is 15.9 Å². The standard InChI is InChI=1S/C19H20BrN3O3/c1-12-3-8-16(11-13(12)2)21-17(24)9-10-18(25)22-23-19(26)14-4-6-15(20)7-5-14/h3-8,11H,9-10H2,1-2H3,(H,21,24)(H,22,25)(H,23,26). The first-order valence-corrected chi connectivity index (χ1v) is 8.86. The molecule has 2 rings (SSSR count). The topological polar surface area (TPSA) is 87.3 Å². The van der Waals surface area contributed by atoms with Gasteiger partial charge in [0.05, 0.1) is 0 Å². The minimum absolute atomic E-state index is 0.0207.